The van der Waals surface area contributed by atoms with E-state index in [9.17, 15) is 0 Å². The van der Waals surface area contributed by atoms with Crippen LogP contribution in [0.25, 0.3) is 0 Å². The standard InChI is InChI=1S/C9H16O4/c1-4-7-9(11-3,13-7)8(10-2)6-5-12-6/h6-8H,4-5H2,1-3H3. The monoisotopic (exact) mass is 188 g/mol. The van der Waals surface area contributed by atoms with Crippen LogP contribution in [-0.2, 0) is 18.9 Å². The summed E-state index contributed by atoms with van der Waals surface area (Å²) in [4.78, 5) is 0. The number of methoxy groups -OCH3 is 2. The SMILES string of the molecule is CCC1OC1(OC)C(OC)C1CO1. The maximum atomic E-state index is 5.53. The predicted molar refractivity (Wildman–Crippen MR) is 45.4 cm³/mol. The van der Waals surface area contributed by atoms with Crippen molar-refractivity contribution in [3.8, 4) is 0 Å². The summed E-state index contributed by atoms with van der Waals surface area (Å²) in [5.74, 6) is -0.537. The van der Waals surface area contributed by atoms with E-state index in [-0.39, 0.29) is 18.3 Å². The summed E-state index contributed by atoms with van der Waals surface area (Å²) in [5.41, 5.74) is 0. The van der Waals surface area contributed by atoms with Gasteiger partial charge in [-0.25, -0.2) is 0 Å². The van der Waals surface area contributed by atoms with Gasteiger partial charge < -0.3 is 18.9 Å². The van der Waals surface area contributed by atoms with E-state index in [0.717, 1.165) is 13.0 Å². The highest BCUT2D eigenvalue weighted by Gasteiger charge is 2.66. The van der Waals surface area contributed by atoms with Crippen molar-refractivity contribution in [2.45, 2.75) is 37.4 Å². The second-order valence-corrected chi connectivity index (χ2v) is 3.47. The number of hydrogen-bond donors (Lipinski definition) is 0. The Balaban J connectivity index is 2.02. The van der Waals surface area contributed by atoms with Crippen LogP contribution in [0.5, 0.6) is 0 Å². The van der Waals surface area contributed by atoms with Gasteiger partial charge in [-0.3, -0.25) is 0 Å². The third-order valence-corrected chi connectivity index (χ3v) is 2.76. The quantitative estimate of drug-likeness (QED) is 0.591. The van der Waals surface area contributed by atoms with Crippen molar-refractivity contribution < 1.29 is 18.9 Å². The fourth-order valence-electron chi connectivity index (χ4n) is 1.91. The van der Waals surface area contributed by atoms with Crippen LogP contribution in [0.2, 0.25) is 0 Å². The van der Waals surface area contributed by atoms with Crippen LogP contribution < -0.4 is 0 Å². The van der Waals surface area contributed by atoms with Gasteiger partial charge in [0.05, 0.1) is 6.61 Å². The van der Waals surface area contributed by atoms with Crippen LogP contribution in [0.4, 0.5) is 0 Å². The van der Waals surface area contributed by atoms with Crippen molar-refractivity contribution in [3.63, 3.8) is 0 Å². The van der Waals surface area contributed by atoms with Gasteiger partial charge in [0.1, 0.15) is 18.3 Å². The summed E-state index contributed by atoms with van der Waals surface area (Å²) in [7, 11) is 3.32. The van der Waals surface area contributed by atoms with Crippen LogP contribution in [0.15, 0.2) is 0 Å². The minimum atomic E-state index is -0.537. The molecule has 2 aliphatic heterocycles. The number of hydrogen-bond acceptors (Lipinski definition) is 4. The number of rotatable bonds is 5. The Morgan fingerprint density at radius 2 is 2.23 bits per heavy atom. The molecule has 2 fully saturated rings. The lowest BCUT2D eigenvalue weighted by molar-refractivity contribution is -0.120. The zero-order valence-electron chi connectivity index (χ0n) is 8.28. The maximum absolute atomic E-state index is 5.53. The van der Waals surface area contributed by atoms with Gasteiger partial charge in [0.15, 0.2) is 0 Å². The topological polar surface area (TPSA) is 43.5 Å². The first kappa shape index (κ1) is 9.40. The van der Waals surface area contributed by atoms with E-state index in [1.807, 2.05) is 0 Å². The molecule has 0 N–H and O–H groups in total. The van der Waals surface area contributed by atoms with Crippen LogP contribution in [-0.4, -0.2) is 44.9 Å². The van der Waals surface area contributed by atoms with E-state index in [4.69, 9.17) is 18.9 Å². The van der Waals surface area contributed by atoms with Gasteiger partial charge in [0.25, 0.3) is 0 Å². The van der Waals surface area contributed by atoms with E-state index in [0.29, 0.717) is 0 Å². The Morgan fingerprint density at radius 1 is 1.54 bits per heavy atom. The predicted octanol–water partition coefficient (Wildman–Crippen LogP) is 0.552. The van der Waals surface area contributed by atoms with Crippen LogP contribution >= 0.6 is 0 Å². The van der Waals surface area contributed by atoms with Gasteiger partial charge in [0, 0.05) is 14.2 Å². The molecule has 4 unspecified atom stereocenters. The Morgan fingerprint density at radius 3 is 2.54 bits per heavy atom. The molecule has 0 aliphatic carbocycles. The summed E-state index contributed by atoms with van der Waals surface area (Å²) in [6.45, 7) is 2.83. The lowest BCUT2D eigenvalue weighted by Crippen LogP contribution is -2.40. The molecular weight excluding hydrogens is 172 g/mol. The lowest BCUT2D eigenvalue weighted by Gasteiger charge is -2.20. The molecule has 2 aliphatic rings. The van der Waals surface area contributed by atoms with E-state index in [2.05, 4.69) is 6.92 Å². The average Bonchev–Trinajstić information content (AvgIpc) is 2.99. The first-order valence-corrected chi connectivity index (χ1v) is 4.65. The second kappa shape index (κ2) is 3.20. The highest BCUT2D eigenvalue weighted by atomic mass is 16.8. The van der Waals surface area contributed by atoms with Crippen molar-refractivity contribution in [1.29, 1.82) is 0 Å². The molecule has 2 saturated heterocycles. The minimum Gasteiger partial charge on any atom is -0.373 e. The maximum Gasteiger partial charge on any atom is 0.224 e. The summed E-state index contributed by atoms with van der Waals surface area (Å²) in [6.07, 6.45) is 1.18. The normalized spacial score (nSPS) is 44.5. The molecule has 0 saturated carbocycles. The van der Waals surface area contributed by atoms with Gasteiger partial charge in [0.2, 0.25) is 5.79 Å². The van der Waals surface area contributed by atoms with Gasteiger partial charge >= 0.3 is 0 Å². The van der Waals surface area contributed by atoms with E-state index in [1.165, 1.54) is 0 Å². The first-order valence-electron chi connectivity index (χ1n) is 4.65. The van der Waals surface area contributed by atoms with Gasteiger partial charge in [-0.2, -0.15) is 0 Å². The van der Waals surface area contributed by atoms with E-state index >= 15 is 0 Å². The summed E-state index contributed by atoms with van der Waals surface area (Å²) < 4.78 is 21.5. The molecule has 0 aromatic carbocycles. The molecule has 0 aromatic rings. The Hall–Kier alpha value is -0.160. The van der Waals surface area contributed by atoms with Crippen LogP contribution in [0.1, 0.15) is 13.3 Å². The summed E-state index contributed by atoms with van der Waals surface area (Å²) >= 11 is 0. The molecule has 2 rings (SSSR count). The van der Waals surface area contributed by atoms with Crippen molar-refractivity contribution in [3.05, 3.63) is 0 Å². The zero-order valence-corrected chi connectivity index (χ0v) is 8.28. The highest BCUT2D eigenvalue weighted by molar-refractivity contribution is 5.05. The molecule has 4 atom stereocenters. The van der Waals surface area contributed by atoms with Crippen molar-refractivity contribution in [2.24, 2.45) is 0 Å². The lowest BCUT2D eigenvalue weighted by atomic mass is 10.1. The summed E-state index contributed by atoms with van der Waals surface area (Å²) in [5, 5.41) is 0. The van der Waals surface area contributed by atoms with Gasteiger partial charge in [-0.05, 0) is 6.42 Å². The number of epoxide rings is 2. The molecule has 4 heteroatoms. The minimum absolute atomic E-state index is 0.0811. The van der Waals surface area contributed by atoms with Crippen molar-refractivity contribution in [2.75, 3.05) is 20.8 Å². The molecule has 0 radical (unpaired) electrons. The molecular formula is C9H16O4. The summed E-state index contributed by atoms with van der Waals surface area (Å²) in [6, 6.07) is 0. The average molecular weight is 188 g/mol. The Kier molecular flexibility index (Phi) is 2.32. The van der Waals surface area contributed by atoms with Crippen LogP contribution in [0.3, 0.4) is 0 Å². The van der Waals surface area contributed by atoms with Crippen molar-refractivity contribution >= 4 is 0 Å². The van der Waals surface area contributed by atoms with E-state index in [1.54, 1.807) is 14.2 Å². The molecule has 4 nitrogen and oxygen atoms in total. The highest BCUT2D eigenvalue weighted by Crippen LogP contribution is 2.46. The molecule has 0 amide bonds. The Labute approximate surface area is 78.1 Å². The second-order valence-electron chi connectivity index (χ2n) is 3.47. The Bertz CT molecular complexity index is 192. The zero-order chi connectivity index (χ0) is 9.47. The molecule has 13 heavy (non-hydrogen) atoms. The molecule has 0 aromatic heterocycles. The fraction of sp³-hybridized carbons (Fsp3) is 1.00. The van der Waals surface area contributed by atoms with E-state index < -0.39 is 5.79 Å². The molecule has 76 valence electrons. The molecule has 0 spiro atoms. The fourth-order valence-corrected chi connectivity index (χ4v) is 1.91. The number of ether oxygens (including phenoxy) is 4. The first-order chi connectivity index (χ1) is 6.28. The van der Waals surface area contributed by atoms with Crippen LogP contribution in [0, 0.1) is 0 Å². The third kappa shape index (κ3) is 1.38. The van der Waals surface area contributed by atoms with Crippen molar-refractivity contribution in [1.82, 2.24) is 0 Å². The largest absolute Gasteiger partial charge is 0.373 e. The third-order valence-electron chi connectivity index (χ3n) is 2.76. The van der Waals surface area contributed by atoms with Gasteiger partial charge in [-0.15, -0.1) is 0 Å². The molecule has 2 heterocycles. The van der Waals surface area contributed by atoms with Gasteiger partial charge in [-0.1, -0.05) is 6.92 Å². The smallest absolute Gasteiger partial charge is 0.224 e. The molecule has 0 bridgehead atoms.